The van der Waals surface area contributed by atoms with Crippen molar-refractivity contribution in [1.29, 1.82) is 0 Å². The molecule has 0 aromatic heterocycles. The molecule has 1 heterocycles. The Morgan fingerprint density at radius 2 is 2.13 bits per heavy atom. The lowest BCUT2D eigenvalue weighted by atomic mass is 10.1. The normalized spacial score (nSPS) is 18.5. The molecular weight excluding hydrogens is 351 g/mol. The van der Waals surface area contributed by atoms with Crippen LogP contribution in [0.1, 0.15) is 18.0 Å². The highest BCUT2D eigenvalue weighted by Gasteiger charge is 2.31. The Morgan fingerprint density at radius 1 is 1.43 bits per heavy atom. The number of benzene rings is 1. The number of amides is 1. The second kappa shape index (κ2) is 6.81. The van der Waals surface area contributed by atoms with Gasteiger partial charge in [-0.25, -0.2) is 17.6 Å². The van der Waals surface area contributed by atoms with Crippen molar-refractivity contribution < 1.29 is 27.5 Å². The van der Waals surface area contributed by atoms with Gasteiger partial charge in [-0.05, 0) is 24.1 Å². The summed E-state index contributed by atoms with van der Waals surface area (Å²) >= 11 is 5.53. The number of halogens is 2. The van der Waals surface area contributed by atoms with Crippen molar-refractivity contribution >= 4 is 33.5 Å². The fraction of sp³-hybridized carbons (Fsp3) is 0.385. The van der Waals surface area contributed by atoms with Crippen LogP contribution in [0.4, 0.5) is 4.39 Å². The molecule has 10 heteroatoms. The van der Waals surface area contributed by atoms with E-state index in [9.17, 15) is 27.5 Å². The number of nitrogens with one attached hydrogen (secondary N) is 1. The Labute approximate surface area is 137 Å². The smallest absolute Gasteiger partial charge is 0.330 e. The van der Waals surface area contributed by atoms with Gasteiger partial charge in [-0.15, -0.1) is 0 Å². The van der Waals surface area contributed by atoms with Crippen molar-refractivity contribution in [2.45, 2.75) is 12.5 Å². The number of carbonyl (C=O) groups excluding carboxylic acids is 1. The third kappa shape index (κ3) is 4.18. The summed E-state index contributed by atoms with van der Waals surface area (Å²) < 4.78 is 37.7. The van der Waals surface area contributed by atoms with E-state index in [2.05, 4.69) is 5.32 Å². The lowest BCUT2D eigenvalue weighted by Gasteiger charge is -2.18. The van der Waals surface area contributed by atoms with E-state index in [1.807, 2.05) is 0 Å². The fourth-order valence-electron chi connectivity index (χ4n) is 2.22. The highest BCUT2D eigenvalue weighted by molar-refractivity contribution is 7.89. The van der Waals surface area contributed by atoms with E-state index < -0.39 is 40.3 Å². The molecular formula is C13H14ClFN2O5S. The molecule has 7 nitrogen and oxygen atoms in total. The molecule has 1 fully saturated rings. The van der Waals surface area contributed by atoms with Crippen LogP contribution in [0.3, 0.4) is 0 Å². The zero-order chi connectivity index (χ0) is 17.2. The largest absolute Gasteiger partial charge is 0.479 e. The summed E-state index contributed by atoms with van der Waals surface area (Å²) in [5.74, 6) is -3.03. The van der Waals surface area contributed by atoms with Gasteiger partial charge in [0.1, 0.15) is 5.82 Å². The average Bonchev–Trinajstić information content (AvgIpc) is 2.78. The van der Waals surface area contributed by atoms with E-state index in [-0.39, 0.29) is 22.9 Å². The maximum atomic E-state index is 13.4. The van der Waals surface area contributed by atoms with Gasteiger partial charge in [0.15, 0.2) is 6.04 Å². The van der Waals surface area contributed by atoms with E-state index in [1.165, 1.54) is 12.1 Å². The predicted molar refractivity (Wildman–Crippen MR) is 79.9 cm³/mol. The third-order valence-electron chi connectivity index (χ3n) is 3.35. The summed E-state index contributed by atoms with van der Waals surface area (Å²) in [4.78, 5) is 23.2. The Hall–Kier alpha value is -1.71. The predicted octanol–water partition coefficient (Wildman–Crippen LogP) is 0.757. The molecule has 1 saturated heterocycles. The average molecular weight is 365 g/mol. The van der Waals surface area contributed by atoms with Crippen molar-refractivity contribution in [2.75, 3.05) is 18.8 Å². The van der Waals surface area contributed by atoms with Crippen LogP contribution in [0.15, 0.2) is 18.2 Å². The molecule has 2 rings (SSSR count). The maximum absolute atomic E-state index is 13.4. The molecule has 0 saturated carbocycles. The molecule has 0 aliphatic carbocycles. The van der Waals surface area contributed by atoms with Crippen LogP contribution < -0.4 is 5.32 Å². The lowest BCUT2D eigenvalue weighted by molar-refractivity contribution is -0.142. The standard InChI is InChI=1S/C13H14ClFN2O5S/c14-9-3-2-8(6-10(9)15)12(13(19)20)16-11(18)7-17-4-1-5-23(17,21)22/h2-3,6,12H,1,4-5,7H2,(H,16,18)(H,19,20). The molecule has 0 bridgehead atoms. The van der Waals surface area contributed by atoms with E-state index in [1.54, 1.807) is 0 Å². The van der Waals surface area contributed by atoms with Gasteiger partial charge >= 0.3 is 5.97 Å². The van der Waals surface area contributed by atoms with Crippen LogP contribution in [0.2, 0.25) is 5.02 Å². The Balaban J connectivity index is 2.11. The van der Waals surface area contributed by atoms with Gasteiger partial charge in [0.2, 0.25) is 15.9 Å². The molecule has 2 N–H and O–H groups in total. The fourth-order valence-corrected chi connectivity index (χ4v) is 3.81. The molecule has 1 aliphatic rings. The second-order valence-electron chi connectivity index (χ2n) is 5.02. The van der Waals surface area contributed by atoms with Crippen molar-refractivity contribution in [1.82, 2.24) is 9.62 Å². The van der Waals surface area contributed by atoms with Crippen LogP contribution in [-0.4, -0.2) is 48.5 Å². The zero-order valence-corrected chi connectivity index (χ0v) is 13.4. The van der Waals surface area contributed by atoms with Crippen molar-refractivity contribution in [3.05, 3.63) is 34.6 Å². The monoisotopic (exact) mass is 364 g/mol. The summed E-state index contributed by atoms with van der Waals surface area (Å²) in [6.07, 6.45) is 0.417. The van der Waals surface area contributed by atoms with Crippen LogP contribution in [0.5, 0.6) is 0 Å². The number of aliphatic carboxylic acids is 1. The Kier molecular flexibility index (Phi) is 5.23. The summed E-state index contributed by atoms with van der Waals surface area (Å²) in [6.45, 7) is -0.259. The number of rotatable bonds is 5. The molecule has 0 radical (unpaired) electrons. The number of carboxylic acid groups (broad SMARTS) is 1. The van der Waals surface area contributed by atoms with Gasteiger partial charge in [0.25, 0.3) is 0 Å². The highest BCUT2D eigenvalue weighted by Crippen LogP contribution is 2.21. The number of hydrogen-bond acceptors (Lipinski definition) is 4. The van der Waals surface area contributed by atoms with E-state index in [0.29, 0.717) is 6.42 Å². The number of carbonyl (C=O) groups is 2. The molecule has 23 heavy (non-hydrogen) atoms. The molecule has 1 aliphatic heterocycles. The highest BCUT2D eigenvalue weighted by atomic mass is 35.5. The first-order chi connectivity index (χ1) is 10.7. The Morgan fingerprint density at radius 3 is 2.65 bits per heavy atom. The van der Waals surface area contributed by atoms with Gasteiger partial charge in [0, 0.05) is 6.54 Å². The summed E-state index contributed by atoms with van der Waals surface area (Å²) in [5, 5.41) is 11.2. The van der Waals surface area contributed by atoms with Gasteiger partial charge < -0.3 is 10.4 Å². The number of carboxylic acids is 1. The van der Waals surface area contributed by atoms with Crippen molar-refractivity contribution in [3.63, 3.8) is 0 Å². The van der Waals surface area contributed by atoms with Gasteiger partial charge in [-0.1, -0.05) is 17.7 Å². The quantitative estimate of drug-likeness (QED) is 0.802. The van der Waals surface area contributed by atoms with Gasteiger partial charge in [-0.3, -0.25) is 4.79 Å². The molecule has 1 atom stereocenters. The van der Waals surface area contributed by atoms with Crippen molar-refractivity contribution in [2.24, 2.45) is 0 Å². The summed E-state index contributed by atoms with van der Waals surface area (Å²) in [6, 6.07) is 1.87. The second-order valence-corrected chi connectivity index (χ2v) is 7.51. The third-order valence-corrected chi connectivity index (χ3v) is 5.56. The Bertz CT molecular complexity index is 740. The zero-order valence-electron chi connectivity index (χ0n) is 11.8. The van der Waals surface area contributed by atoms with Crippen molar-refractivity contribution in [3.8, 4) is 0 Å². The number of hydrogen-bond donors (Lipinski definition) is 2. The first kappa shape index (κ1) is 17.6. The minimum atomic E-state index is -3.47. The minimum Gasteiger partial charge on any atom is -0.479 e. The summed E-state index contributed by atoms with van der Waals surface area (Å²) in [5.41, 5.74) is -0.00275. The molecule has 0 spiro atoms. The van der Waals surface area contributed by atoms with E-state index in [4.69, 9.17) is 11.6 Å². The van der Waals surface area contributed by atoms with Gasteiger partial charge in [-0.2, -0.15) is 4.31 Å². The SMILES string of the molecule is O=C(CN1CCCS1(=O)=O)NC(C(=O)O)c1ccc(Cl)c(F)c1. The van der Waals surface area contributed by atoms with Crippen LogP contribution in [0.25, 0.3) is 0 Å². The molecule has 1 unspecified atom stereocenters. The van der Waals surface area contributed by atoms with E-state index in [0.717, 1.165) is 10.4 Å². The topological polar surface area (TPSA) is 104 Å². The summed E-state index contributed by atoms with van der Waals surface area (Å²) in [7, 11) is -3.47. The lowest BCUT2D eigenvalue weighted by Crippen LogP contribution is -2.41. The van der Waals surface area contributed by atoms with Crippen LogP contribution >= 0.6 is 11.6 Å². The minimum absolute atomic E-state index is 0.00275. The number of sulfonamides is 1. The first-order valence-electron chi connectivity index (χ1n) is 6.65. The molecule has 126 valence electrons. The number of nitrogens with zero attached hydrogens (tertiary/aromatic N) is 1. The van der Waals surface area contributed by atoms with Gasteiger partial charge in [0.05, 0.1) is 17.3 Å². The maximum Gasteiger partial charge on any atom is 0.330 e. The van der Waals surface area contributed by atoms with Crippen LogP contribution in [0, 0.1) is 5.82 Å². The van der Waals surface area contributed by atoms with E-state index >= 15 is 0 Å². The molecule has 1 aromatic carbocycles. The van der Waals surface area contributed by atoms with Crippen LogP contribution in [-0.2, 0) is 19.6 Å². The molecule has 1 aromatic rings. The first-order valence-corrected chi connectivity index (χ1v) is 8.64. The molecule has 1 amide bonds.